The van der Waals surface area contributed by atoms with Gasteiger partial charge in [-0.25, -0.2) is 4.98 Å². The van der Waals surface area contributed by atoms with Crippen LogP contribution in [0.25, 0.3) is 10.2 Å². The zero-order valence-corrected chi connectivity index (χ0v) is 17.3. The molecule has 0 radical (unpaired) electrons. The van der Waals surface area contributed by atoms with E-state index in [1.54, 1.807) is 23.5 Å². The second-order valence-electron chi connectivity index (χ2n) is 6.97. The average Bonchev–Trinajstić information content (AvgIpc) is 3.13. The van der Waals surface area contributed by atoms with Crippen LogP contribution in [0.1, 0.15) is 33.4 Å². The summed E-state index contributed by atoms with van der Waals surface area (Å²) < 4.78 is 1.03. The first-order valence-electron chi connectivity index (χ1n) is 9.66. The number of anilines is 1. The summed E-state index contributed by atoms with van der Waals surface area (Å²) in [5.41, 5.74) is 3.08. The monoisotopic (exact) mass is 415 g/mol. The highest BCUT2D eigenvalue weighted by atomic mass is 32.1. The van der Waals surface area contributed by atoms with Crippen LogP contribution in [0.3, 0.4) is 0 Å². The van der Waals surface area contributed by atoms with Crippen molar-refractivity contribution >= 4 is 39.1 Å². The summed E-state index contributed by atoms with van der Waals surface area (Å²) in [7, 11) is 0. The van der Waals surface area contributed by atoms with Crippen molar-refractivity contribution in [3.63, 3.8) is 0 Å². The smallest absolute Gasteiger partial charge is 0.251 e. The van der Waals surface area contributed by atoms with E-state index in [0.717, 1.165) is 26.5 Å². The van der Waals surface area contributed by atoms with Gasteiger partial charge in [0.25, 0.3) is 5.91 Å². The number of hydrogen-bond acceptors (Lipinski definition) is 4. The lowest BCUT2D eigenvalue weighted by atomic mass is 10.0. The highest BCUT2D eigenvalue weighted by molar-refractivity contribution is 7.18. The number of fused-ring (bicyclic) bond motifs is 1. The van der Waals surface area contributed by atoms with Crippen molar-refractivity contribution in [2.24, 2.45) is 0 Å². The number of carbonyl (C=O) groups excluding carboxylic acids is 2. The Labute approximate surface area is 178 Å². The molecule has 4 rings (SSSR count). The Morgan fingerprint density at radius 1 is 0.967 bits per heavy atom. The lowest BCUT2D eigenvalue weighted by molar-refractivity contribution is -0.116. The van der Waals surface area contributed by atoms with Crippen LogP contribution >= 0.6 is 11.3 Å². The molecule has 0 saturated carbocycles. The summed E-state index contributed by atoms with van der Waals surface area (Å²) in [5, 5.41) is 6.92. The second-order valence-corrected chi connectivity index (χ2v) is 8.21. The van der Waals surface area contributed by atoms with Crippen LogP contribution in [0.15, 0.2) is 78.9 Å². The Morgan fingerprint density at radius 2 is 1.67 bits per heavy atom. The van der Waals surface area contributed by atoms with Gasteiger partial charge in [-0.2, -0.15) is 0 Å². The fourth-order valence-corrected chi connectivity index (χ4v) is 4.15. The molecule has 0 bridgehead atoms. The van der Waals surface area contributed by atoms with Crippen LogP contribution in [0, 0.1) is 6.92 Å². The van der Waals surface area contributed by atoms with E-state index < -0.39 is 6.04 Å². The molecule has 5 nitrogen and oxygen atoms in total. The van der Waals surface area contributed by atoms with Gasteiger partial charge in [0.2, 0.25) is 5.91 Å². The number of amides is 2. The fourth-order valence-electron chi connectivity index (χ4n) is 3.28. The molecule has 1 atom stereocenters. The summed E-state index contributed by atoms with van der Waals surface area (Å²) in [5.74, 6) is -0.378. The first-order chi connectivity index (χ1) is 14.6. The molecule has 0 aliphatic rings. The molecule has 0 saturated heterocycles. The minimum atomic E-state index is -0.437. The molecule has 150 valence electrons. The van der Waals surface area contributed by atoms with E-state index in [9.17, 15) is 9.59 Å². The highest BCUT2D eigenvalue weighted by Gasteiger charge is 2.19. The Bertz CT molecular complexity index is 1170. The molecule has 0 spiro atoms. The maximum atomic E-state index is 12.8. The van der Waals surface area contributed by atoms with Crippen LogP contribution in [0.5, 0.6) is 0 Å². The number of rotatable bonds is 6. The molecule has 1 heterocycles. The Kier molecular flexibility index (Phi) is 5.86. The SMILES string of the molecule is Cc1nc2ccc(NC(=O)C[C@@H](NC(=O)c3ccccc3)c3ccccc3)cc2s1. The molecule has 3 aromatic carbocycles. The number of aryl methyl sites for hydroxylation is 1. The standard InChI is InChI=1S/C24H21N3O2S/c1-16-25-20-13-12-19(14-22(20)30-16)26-23(28)15-21(17-8-4-2-5-9-17)27-24(29)18-10-6-3-7-11-18/h2-14,21H,15H2,1H3,(H,26,28)(H,27,29)/t21-/m1/s1. The van der Waals surface area contributed by atoms with Gasteiger partial charge in [-0.1, -0.05) is 48.5 Å². The van der Waals surface area contributed by atoms with Crippen LogP contribution in [0.4, 0.5) is 5.69 Å². The zero-order valence-electron chi connectivity index (χ0n) is 16.5. The van der Waals surface area contributed by atoms with E-state index in [0.29, 0.717) is 5.56 Å². The van der Waals surface area contributed by atoms with Crippen LogP contribution < -0.4 is 10.6 Å². The predicted octanol–water partition coefficient (Wildman–Crippen LogP) is 5.10. The molecular weight excluding hydrogens is 394 g/mol. The Morgan fingerprint density at radius 3 is 2.40 bits per heavy atom. The normalized spacial score (nSPS) is 11.8. The van der Waals surface area contributed by atoms with Crippen molar-refractivity contribution in [1.82, 2.24) is 10.3 Å². The van der Waals surface area contributed by atoms with Crippen molar-refractivity contribution in [3.8, 4) is 0 Å². The van der Waals surface area contributed by atoms with Gasteiger partial charge in [0.05, 0.1) is 27.7 Å². The number of thiazole rings is 1. The molecule has 4 aromatic rings. The number of benzene rings is 3. The molecule has 6 heteroatoms. The van der Waals surface area contributed by atoms with Gasteiger partial charge in [0, 0.05) is 11.3 Å². The van der Waals surface area contributed by atoms with Crippen molar-refractivity contribution in [3.05, 3.63) is 95.0 Å². The summed E-state index contributed by atoms with van der Waals surface area (Å²) in [6.45, 7) is 1.96. The molecule has 0 aliphatic heterocycles. The van der Waals surface area contributed by atoms with Crippen molar-refractivity contribution in [2.75, 3.05) is 5.32 Å². The molecule has 30 heavy (non-hydrogen) atoms. The third-order valence-electron chi connectivity index (χ3n) is 4.71. The third-order valence-corrected chi connectivity index (χ3v) is 5.65. The minimum absolute atomic E-state index is 0.127. The second kappa shape index (κ2) is 8.88. The molecular formula is C24H21N3O2S. The Hall–Kier alpha value is -3.51. The van der Waals surface area contributed by atoms with E-state index in [1.165, 1.54) is 0 Å². The molecule has 0 unspecified atom stereocenters. The molecule has 1 aromatic heterocycles. The number of nitrogens with one attached hydrogen (secondary N) is 2. The summed E-state index contributed by atoms with van der Waals surface area (Å²) in [6, 6.07) is 23.8. The first kappa shape index (κ1) is 19.8. The maximum Gasteiger partial charge on any atom is 0.251 e. The van der Waals surface area contributed by atoms with Crippen LogP contribution in [-0.2, 0) is 4.79 Å². The van der Waals surface area contributed by atoms with Gasteiger partial charge in [-0.3, -0.25) is 9.59 Å². The van der Waals surface area contributed by atoms with E-state index in [-0.39, 0.29) is 18.2 Å². The molecule has 0 aliphatic carbocycles. The lowest BCUT2D eigenvalue weighted by Gasteiger charge is -2.19. The van der Waals surface area contributed by atoms with Crippen LogP contribution in [0.2, 0.25) is 0 Å². The lowest BCUT2D eigenvalue weighted by Crippen LogP contribution is -2.31. The molecule has 0 fully saturated rings. The summed E-state index contributed by atoms with van der Waals surface area (Å²) in [4.78, 5) is 29.9. The zero-order chi connectivity index (χ0) is 20.9. The van der Waals surface area contributed by atoms with Gasteiger partial charge < -0.3 is 10.6 Å². The maximum absolute atomic E-state index is 12.8. The Balaban J connectivity index is 1.50. The number of hydrogen-bond donors (Lipinski definition) is 2. The van der Waals surface area contributed by atoms with Crippen LogP contribution in [-0.4, -0.2) is 16.8 Å². The van der Waals surface area contributed by atoms with Crippen molar-refractivity contribution < 1.29 is 9.59 Å². The quantitative estimate of drug-likeness (QED) is 0.460. The highest BCUT2D eigenvalue weighted by Crippen LogP contribution is 2.25. The minimum Gasteiger partial charge on any atom is -0.345 e. The summed E-state index contributed by atoms with van der Waals surface area (Å²) in [6.07, 6.45) is 0.127. The summed E-state index contributed by atoms with van der Waals surface area (Å²) >= 11 is 1.59. The van der Waals surface area contributed by atoms with Gasteiger partial charge in [-0.05, 0) is 42.8 Å². The van der Waals surface area contributed by atoms with E-state index >= 15 is 0 Å². The molecule has 2 N–H and O–H groups in total. The fraction of sp³-hybridized carbons (Fsp3) is 0.125. The topological polar surface area (TPSA) is 71.1 Å². The average molecular weight is 416 g/mol. The van der Waals surface area contributed by atoms with Crippen molar-refractivity contribution in [1.29, 1.82) is 0 Å². The number of nitrogens with zero attached hydrogens (tertiary/aromatic N) is 1. The van der Waals surface area contributed by atoms with Gasteiger partial charge in [0.15, 0.2) is 0 Å². The number of aromatic nitrogens is 1. The third kappa shape index (κ3) is 4.72. The molecule has 2 amide bonds. The van der Waals surface area contributed by atoms with E-state index in [2.05, 4.69) is 15.6 Å². The van der Waals surface area contributed by atoms with Gasteiger partial charge >= 0.3 is 0 Å². The largest absolute Gasteiger partial charge is 0.345 e. The predicted molar refractivity (Wildman–Crippen MR) is 121 cm³/mol. The van der Waals surface area contributed by atoms with Crippen molar-refractivity contribution in [2.45, 2.75) is 19.4 Å². The van der Waals surface area contributed by atoms with Gasteiger partial charge in [0.1, 0.15) is 0 Å². The van der Waals surface area contributed by atoms with Gasteiger partial charge in [-0.15, -0.1) is 11.3 Å². The van der Waals surface area contributed by atoms with E-state index in [1.807, 2.05) is 73.7 Å². The van der Waals surface area contributed by atoms with E-state index in [4.69, 9.17) is 0 Å². The first-order valence-corrected chi connectivity index (χ1v) is 10.5. The number of carbonyl (C=O) groups is 2.